The highest BCUT2D eigenvalue weighted by Gasteiger charge is 2.31. The zero-order chi connectivity index (χ0) is 21.1. The molecule has 1 heterocycles. The van der Waals surface area contributed by atoms with Crippen molar-refractivity contribution in [3.63, 3.8) is 0 Å². The quantitative estimate of drug-likeness (QED) is 0.791. The molecule has 5 nitrogen and oxygen atoms in total. The topological polar surface area (TPSA) is 66.5 Å². The fourth-order valence-corrected chi connectivity index (χ4v) is 4.96. The standard InChI is InChI=1S/C20H21F3N2O3S/c21-20(22,23)16-8-6-7-15(13-16)14-24-19(26)17-9-2-3-10-18(17)29(27,28)25-11-4-1-5-12-25/h2-3,6-10,13H,1,4-5,11-12,14H2,(H,24,26). The molecule has 1 aliphatic heterocycles. The molecule has 0 aliphatic carbocycles. The van der Waals surface area contributed by atoms with E-state index >= 15 is 0 Å². The lowest BCUT2D eigenvalue weighted by molar-refractivity contribution is -0.137. The van der Waals surface area contributed by atoms with Crippen molar-refractivity contribution >= 4 is 15.9 Å². The summed E-state index contributed by atoms with van der Waals surface area (Å²) in [4.78, 5) is 12.5. The van der Waals surface area contributed by atoms with E-state index in [1.807, 2.05) is 0 Å². The van der Waals surface area contributed by atoms with Gasteiger partial charge in [0.05, 0.1) is 16.0 Å². The van der Waals surface area contributed by atoms with E-state index in [1.54, 1.807) is 12.1 Å². The zero-order valence-corrected chi connectivity index (χ0v) is 16.4. The molecule has 1 fully saturated rings. The number of nitrogens with one attached hydrogen (secondary N) is 1. The van der Waals surface area contributed by atoms with Crippen LogP contribution in [0.25, 0.3) is 0 Å². The maximum Gasteiger partial charge on any atom is 0.416 e. The van der Waals surface area contributed by atoms with E-state index in [9.17, 15) is 26.4 Å². The first-order valence-corrected chi connectivity index (χ1v) is 10.7. The van der Waals surface area contributed by atoms with Gasteiger partial charge in [-0.1, -0.05) is 30.7 Å². The van der Waals surface area contributed by atoms with Gasteiger partial charge in [0.1, 0.15) is 0 Å². The van der Waals surface area contributed by atoms with Gasteiger partial charge in [0.25, 0.3) is 5.91 Å². The molecule has 1 N–H and O–H groups in total. The highest BCUT2D eigenvalue weighted by Crippen LogP contribution is 2.29. The van der Waals surface area contributed by atoms with Gasteiger partial charge in [-0.2, -0.15) is 17.5 Å². The molecule has 0 unspecified atom stereocenters. The number of alkyl halides is 3. The lowest BCUT2D eigenvalue weighted by Crippen LogP contribution is -2.37. The minimum absolute atomic E-state index is 0.0231. The molecule has 0 atom stereocenters. The molecule has 0 spiro atoms. The van der Waals surface area contributed by atoms with Crippen LogP contribution in [-0.4, -0.2) is 31.7 Å². The second kappa shape index (κ2) is 8.54. The number of carbonyl (C=O) groups excluding carboxylic acids is 1. The Balaban J connectivity index is 1.79. The first kappa shape index (κ1) is 21.3. The number of carbonyl (C=O) groups is 1. The number of hydrogen-bond donors (Lipinski definition) is 1. The van der Waals surface area contributed by atoms with Crippen molar-refractivity contribution in [1.82, 2.24) is 9.62 Å². The van der Waals surface area contributed by atoms with Crippen LogP contribution < -0.4 is 5.32 Å². The molecule has 156 valence electrons. The first-order chi connectivity index (χ1) is 13.7. The summed E-state index contributed by atoms with van der Waals surface area (Å²) in [7, 11) is -3.82. The molecule has 0 aromatic heterocycles. The average molecular weight is 426 g/mol. The van der Waals surface area contributed by atoms with E-state index < -0.39 is 27.7 Å². The van der Waals surface area contributed by atoms with Gasteiger partial charge < -0.3 is 5.32 Å². The third kappa shape index (κ3) is 4.97. The van der Waals surface area contributed by atoms with Crippen LogP contribution in [0.4, 0.5) is 13.2 Å². The van der Waals surface area contributed by atoms with Crippen molar-refractivity contribution in [2.45, 2.75) is 36.9 Å². The summed E-state index contributed by atoms with van der Waals surface area (Å²) in [5, 5.41) is 2.52. The van der Waals surface area contributed by atoms with Crippen molar-refractivity contribution in [3.8, 4) is 0 Å². The fraction of sp³-hybridized carbons (Fsp3) is 0.350. The summed E-state index contributed by atoms with van der Waals surface area (Å²) in [6, 6.07) is 10.5. The highest BCUT2D eigenvalue weighted by atomic mass is 32.2. The van der Waals surface area contributed by atoms with Gasteiger partial charge in [-0.05, 0) is 42.7 Å². The summed E-state index contributed by atoms with van der Waals surface area (Å²) in [5.74, 6) is -0.654. The van der Waals surface area contributed by atoms with Gasteiger partial charge >= 0.3 is 6.18 Å². The fourth-order valence-electron chi connectivity index (χ4n) is 3.26. The SMILES string of the molecule is O=C(NCc1cccc(C(F)(F)F)c1)c1ccccc1S(=O)(=O)N1CCCCC1. The lowest BCUT2D eigenvalue weighted by atomic mass is 10.1. The molecule has 2 aromatic rings. The van der Waals surface area contributed by atoms with E-state index in [4.69, 9.17) is 0 Å². The Morgan fingerprint density at radius 3 is 2.38 bits per heavy atom. The number of halogens is 3. The second-order valence-corrected chi connectivity index (χ2v) is 8.75. The zero-order valence-electron chi connectivity index (χ0n) is 15.6. The minimum Gasteiger partial charge on any atom is -0.348 e. The van der Waals surface area contributed by atoms with E-state index in [1.165, 1.54) is 28.6 Å². The molecule has 1 saturated heterocycles. The molecule has 0 bridgehead atoms. The maximum atomic E-state index is 13.0. The Morgan fingerprint density at radius 2 is 1.69 bits per heavy atom. The summed E-state index contributed by atoms with van der Waals surface area (Å²) >= 11 is 0. The molecule has 1 aliphatic rings. The van der Waals surface area contributed by atoms with Gasteiger partial charge in [-0.3, -0.25) is 4.79 Å². The third-order valence-corrected chi connectivity index (χ3v) is 6.73. The highest BCUT2D eigenvalue weighted by molar-refractivity contribution is 7.89. The van der Waals surface area contributed by atoms with Crippen LogP contribution in [-0.2, 0) is 22.7 Å². The Labute approximate surface area is 167 Å². The molecule has 2 aromatic carbocycles. The predicted octanol–water partition coefficient (Wildman–Crippen LogP) is 3.81. The number of nitrogens with zero attached hydrogens (tertiary/aromatic N) is 1. The normalized spacial score (nSPS) is 15.8. The van der Waals surface area contributed by atoms with E-state index in [0.717, 1.165) is 31.4 Å². The van der Waals surface area contributed by atoms with Crippen LogP contribution in [0.1, 0.15) is 40.7 Å². The Hall–Kier alpha value is -2.39. The molecule has 0 saturated carbocycles. The van der Waals surface area contributed by atoms with Crippen molar-refractivity contribution in [2.75, 3.05) is 13.1 Å². The minimum atomic E-state index is -4.48. The van der Waals surface area contributed by atoms with Crippen LogP contribution >= 0.6 is 0 Å². The van der Waals surface area contributed by atoms with Gasteiger partial charge in [0, 0.05) is 19.6 Å². The Morgan fingerprint density at radius 1 is 1.00 bits per heavy atom. The number of hydrogen-bond acceptors (Lipinski definition) is 3. The summed E-state index contributed by atoms with van der Waals surface area (Å²) in [5.41, 5.74) is -0.563. The van der Waals surface area contributed by atoms with Crippen LogP contribution in [0.3, 0.4) is 0 Å². The summed E-state index contributed by atoms with van der Waals surface area (Å²) in [6.07, 6.45) is -1.98. The van der Waals surface area contributed by atoms with Gasteiger partial charge in [-0.25, -0.2) is 8.42 Å². The molecular weight excluding hydrogens is 405 g/mol. The van der Waals surface area contributed by atoms with Crippen molar-refractivity contribution in [3.05, 3.63) is 65.2 Å². The Bertz CT molecular complexity index is 984. The maximum absolute atomic E-state index is 13.0. The Kier molecular flexibility index (Phi) is 6.28. The van der Waals surface area contributed by atoms with Crippen LogP contribution in [0.2, 0.25) is 0 Å². The van der Waals surface area contributed by atoms with Crippen molar-refractivity contribution in [1.29, 1.82) is 0 Å². The van der Waals surface area contributed by atoms with E-state index in [0.29, 0.717) is 13.1 Å². The lowest BCUT2D eigenvalue weighted by Gasteiger charge is -2.26. The summed E-state index contributed by atoms with van der Waals surface area (Å²) < 4.78 is 65.8. The molecule has 9 heteroatoms. The molecular formula is C20H21F3N2O3S. The van der Waals surface area contributed by atoms with E-state index in [-0.39, 0.29) is 22.6 Å². The molecule has 3 rings (SSSR count). The molecule has 1 amide bonds. The third-order valence-electron chi connectivity index (χ3n) is 4.77. The van der Waals surface area contributed by atoms with Gasteiger partial charge in [0.2, 0.25) is 10.0 Å². The molecule has 0 radical (unpaired) electrons. The van der Waals surface area contributed by atoms with Crippen molar-refractivity contribution in [2.24, 2.45) is 0 Å². The second-order valence-electron chi connectivity index (χ2n) is 6.84. The van der Waals surface area contributed by atoms with Gasteiger partial charge in [0.15, 0.2) is 0 Å². The first-order valence-electron chi connectivity index (χ1n) is 9.23. The van der Waals surface area contributed by atoms with Crippen LogP contribution in [0.15, 0.2) is 53.4 Å². The number of benzene rings is 2. The molecule has 29 heavy (non-hydrogen) atoms. The predicted molar refractivity (Wildman–Crippen MR) is 102 cm³/mol. The van der Waals surface area contributed by atoms with Gasteiger partial charge in [-0.15, -0.1) is 0 Å². The smallest absolute Gasteiger partial charge is 0.348 e. The van der Waals surface area contributed by atoms with E-state index in [2.05, 4.69) is 5.32 Å². The number of amides is 1. The number of sulfonamides is 1. The monoisotopic (exact) mass is 426 g/mol. The van der Waals surface area contributed by atoms with Crippen molar-refractivity contribution < 1.29 is 26.4 Å². The number of piperidine rings is 1. The average Bonchev–Trinajstić information content (AvgIpc) is 2.72. The van der Waals surface area contributed by atoms with Crippen LogP contribution in [0.5, 0.6) is 0 Å². The van der Waals surface area contributed by atoms with Crippen LogP contribution in [0, 0.1) is 0 Å². The summed E-state index contributed by atoms with van der Waals surface area (Å²) in [6.45, 7) is 0.659. The number of rotatable bonds is 5. The largest absolute Gasteiger partial charge is 0.416 e.